The maximum Gasteiger partial charge on any atom is 0.225 e. The second-order valence-electron chi connectivity index (χ2n) is 6.21. The van der Waals surface area contributed by atoms with Gasteiger partial charge in [-0.25, -0.2) is 4.98 Å². The van der Waals surface area contributed by atoms with Crippen molar-refractivity contribution in [3.8, 4) is 5.75 Å². The number of carbonyl (C=O) groups excluding carboxylic acids is 1. The molecule has 4 nitrogen and oxygen atoms in total. The van der Waals surface area contributed by atoms with E-state index in [-0.39, 0.29) is 17.9 Å². The van der Waals surface area contributed by atoms with Crippen LogP contribution in [0.3, 0.4) is 0 Å². The molecule has 0 fully saturated rings. The molecule has 2 rings (SSSR count). The third kappa shape index (κ3) is 5.06. The molecule has 0 saturated carbocycles. The average Bonchev–Trinajstić information content (AvgIpc) is 3.05. The highest BCUT2D eigenvalue weighted by Crippen LogP contribution is 2.18. The van der Waals surface area contributed by atoms with Crippen LogP contribution in [0.2, 0.25) is 0 Å². The molecule has 5 heteroatoms. The summed E-state index contributed by atoms with van der Waals surface area (Å²) in [4.78, 5) is 19.0. The van der Waals surface area contributed by atoms with E-state index in [2.05, 4.69) is 18.8 Å². The Kier molecular flexibility index (Phi) is 6.79. The first-order chi connectivity index (χ1) is 11.5. The number of nitrogens with zero attached hydrogens (tertiary/aromatic N) is 2. The molecule has 0 aliphatic rings. The zero-order valence-corrected chi connectivity index (χ0v) is 15.7. The standard InChI is InChI=1S/C19H26N2O2S/c1-5-15(4)21(19(22)14(2)3)11-16-13-24-18(20-16)12-23-17-9-7-6-8-10-17/h6-10,13-15H,5,11-12H2,1-4H3. The Morgan fingerprint density at radius 2 is 1.96 bits per heavy atom. The highest BCUT2D eigenvalue weighted by molar-refractivity contribution is 7.09. The molecule has 0 radical (unpaired) electrons. The van der Waals surface area contributed by atoms with E-state index < -0.39 is 0 Å². The van der Waals surface area contributed by atoms with E-state index in [0.717, 1.165) is 22.9 Å². The van der Waals surface area contributed by atoms with Crippen molar-refractivity contribution in [3.05, 3.63) is 46.4 Å². The molecule has 0 saturated heterocycles. The number of benzene rings is 1. The highest BCUT2D eigenvalue weighted by atomic mass is 32.1. The quantitative estimate of drug-likeness (QED) is 0.706. The van der Waals surface area contributed by atoms with Crippen LogP contribution in [-0.4, -0.2) is 21.8 Å². The van der Waals surface area contributed by atoms with E-state index in [0.29, 0.717) is 13.2 Å². The summed E-state index contributed by atoms with van der Waals surface area (Å²) in [6.07, 6.45) is 0.937. The SMILES string of the molecule is CCC(C)N(Cc1csc(COc2ccccc2)n1)C(=O)C(C)C. The lowest BCUT2D eigenvalue weighted by Gasteiger charge is -2.29. The Bertz CT molecular complexity index is 640. The fourth-order valence-corrected chi connectivity index (χ4v) is 3.02. The van der Waals surface area contributed by atoms with E-state index in [1.807, 2.05) is 54.5 Å². The maximum atomic E-state index is 12.4. The Morgan fingerprint density at radius 1 is 1.25 bits per heavy atom. The van der Waals surface area contributed by atoms with Crippen molar-refractivity contribution in [2.45, 2.75) is 53.3 Å². The molecule has 1 atom stereocenters. The first-order valence-corrected chi connectivity index (χ1v) is 9.30. The second kappa shape index (κ2) is 8.83. The highest BCUT2D eigenvalue weighted by Gasteiger charge is 2.22. The van der Waals surface area contributed by atoms with Gasteiger partial charge >= 0.3 is 0 Å². The van der Waals surface area contributed by atoms with Gasteiger partial charge in [0, 0.05) is 17.3 Å². The molecule has 1 amide bonds. The van der Waals surface area contributed by atoms with Crippen molar-refractivity contribution in [2.24, 2.45) is 5.92 Å². The predicted molar refractivity (Wildman–Crippen MR) is 98.0 cm³/mol. The van der Waals surface area contributed by atoms with Crippen molar-refractivity contribution >= 4 is 17.2 Å². The smallest absolute Gasteiger partial charge is 0.225 e. The topological polar surface area (TPSA) is 42.4 Å². The maximum absolute atomic E-state index is 12.4. The number of hydrogen-bond donors (Lipinski definition) is 0. The molecule has 1 unspecified atom stereocenters. The summed E-state index contributed by atoms with van der Waals surface area (Å²) in [7, 11) is 0. The molecule has 0 spiro atoms. The predicted octanol–water partition coefficient (Wildman–Crippen LogP) is 4.51. The third-order valence-electron chi connectivity index (χ3n) is 3.94. The molecule has 24 heavy (non-hydrogen) atoms. The minimum atomic E-state index is -0.00137. The van der Waals surface area contributed by atoms with E-state index in [1.165, 1.54) is 0 Å². The molecule has 0 aliphatic heterocycles. The number of carbonyl (C=O) groups is 1. The molecule has 1 aromatic heterocycles. The monoisotopic (exact) mass is 346 g/mol. The van der Waals surface area contributed by atoms with Crippen LogP contribution in [0.4, 0.5) is 0 Å². The lowest BCUT2D eigenvalue weighted by Crippen LogP contribution is -2.40. The summed E-state index contributed by atoms with van der Waals surface area (Å²) in [6, 6.07) is 9.93. The van der Waals surface area contributed by atoms with Gasteiger partial charge in [0.1, 0.15) is 17.4 Å². The first kappa shape index (κ1) is 18.5. The molecule has 1 heterocycles. The Morgan fingerprint density at radius 3 is 2.58 bits per heavy atom. The molecule has 2 aromatic rings. The number of amides is 1. The van der Waals surface area contributed by atoms with Gasteiger partial charge in [-0.2, -0.15) is 0 Å². The van der Waals surface area contributed by atoms with Crippen LogP contribution in [0.15, 0.2) is 35.7 Å². The van der Waals surface area contributed by atoms with Crippen LogP contribution >= 0.6 is 11.3 Å². The summed E-state index contributed by atoms with van der Waals surface area (Å²) in [5.74, 6) is 1.02. The number of thiazole rings is 1. The zero-order valence-electron chi connectivity index (χ0n) is 14.9. The molecule has 0 N–H and O–H groups in total. The van der Waals surface area contributed by atoms with Gasteiger partial charge in [0.2, 0.25) is 5.91 Å². The lowest BCUT2D eigenvalue weighted by atomic mass is 10.1. The number of rotatable bonds is 8. The van der Waals surface area contributed by atoms with Gasteiger partial charge in [0.25, 0.3) is 0 Å². The van der Waals surface area contributed by atoms with Crippen LogP contribution in [0, 0.1) is 5.92 Å². The van der Waals surface area contributed by atoms with Gasteiger partial charge in [-0.1, -0.05) is 39.0 Å². The molecular weight excluding hydrogens is 320 g/mol. The second-order valence-corrected chi connectivity index (χ2v) is 7.16. The molecule has 1 aromatic carbocycles. The number of para-hydroxylation sites is 1. The van der Waals surface area contributed by atoms with Crippen molar-refractivity contribution in [1.82, 2.24) is 9.88 Å². The van der Waals surface area contributed by atoms with Gasteiger partial charge in [-0.15, -0.1) is 11.3 Å². The van der Waals surface area contributed by atoms with E-state index in [1.54, 1.807) is 11.3 Å². The van der Waals surface area contributed by atoms with Crippen LogP contribution in [0.25, 0.3) is 0 Å². The molecule has 130 valence electrons. The Hall–Kier alpha value is -1.88. The van der Waals surface area contributed by atoms with E-state index >= 15 is 0 Å². The minimum Gasteiger partial charge on any atom is -0.486 e. The summed E-state index contributed by atoms with van der Waals surface area (Å²) >= 11 is 1.58. The average molecular weight is 346 g/mol. The van der Waals surface area contributed by atoms with Crippen LogP contribution in [-0.2, 0) is 17.9 Å². The number of aromatic nitrogens is 1. The van der Waals surface area contributed by atoms with Crippen LogP contribution < -0.4 is 4.74 Å². The summed E-state index contributed by atoms with van der Waals surface area (Å²) in [5.41, 5.74) is 0.931. The van der Waals surface area contributed by atoms with Gasteiger partial charge in [-0.3, -0.25) is 4.79 Å². The van der Waals surface area contributed by atoms with Gasteiger partial charge < -0.3 is 9.64 Å². The summed E-state index contributed by atoms with van der Waals surface area (Å²) < 4.78 is 5.73. The van der Waals surface area contributed by atoms with E-state index in [9.17, 15) is 4.79 Å². The molecular formula is C19H26N2O2S. The zero-order chi connectivity index (χ0) is 17.5. The summed E-state index contributed by atoms with van der Waals surface area (Å²) in [5, 5.41) is 2.95. The van der Waals surface area contributed by atoms with Crippen molar-refractivity contribution in [2.75, 3.05) is 0 Å². The molecule has 0 aliphatic carbocycles. The minimum absolute atomic E-state index is 0.00137. The largest absolute Gasteiger partial charge is 0.486 e. The van der Waals surface area contributed by atoms with E-state index in [4.69, 9.17) is 4.74 Å². The number of ether oxygens (including phenoxy) is 1. The van der Waals surface area contributed by atoms with Crippen LogP contribution in [0.5, 0.6) is 5.75 Å². The van der Waals surface area contributed by atoms with Crippen molar-refractivity contribution in [1.29, 1.82) is 0 Å². The van der Waals surface area contributed by atoms with Gasteiger partial charge in [-0.05, 0) is 25.5 Å². The van der Waals surface area contributed by atoms with Crippen LogP contribution in [0.1, 0.15) is 44.8 Å². The fraction of sp³-hybridized carbons (Fsp3) is 0.474. The third-order valence-corrected chi connectivity index (χ3v) is 4.81. The molecule has 0 bridgehead atoms. The summed E-state index contributed by atoms with van der Waals surface area (Å²) in [6.45, 7) is 9.09. The van der Waals surface area contributed by atoms with Crippen molar-refractivity contribution < 1.29 is 9.53 Å². The Labute approximate surface area is 148 Å². The lowest BCUT2D eigenvalue weighted by molar-refractivity contribution is -0.137. The normalized spacial score (nSPS) is 12.2. The fourth-order valence-electron chi connectivity index (χ4n) is 2.33. The number of hydrogen-bond acceptors (Lipinski definition) is 4. The van der Waals surface area contributed by atoms with Crippen molar-refractivity contribution in [3.63, 3.8) is 0 Å². The Balaban J connectivity index is 1.99. The van der Waals surface area contributed by atoms with Gasteiger partial charge in [0.05, 0.1) is 12.2 Å². The van der Waals surface area contributed by atoms with Gasteiger partial charge in [0.15, 0.2) is 0 Å². The first-order valence-electron chi connectivity index (χ1n) is 8.42.